The lowest BCUT2D eigenvalue weighted by atomic mass is 9.80. The number of aryl methyl sites for hydroxylation is 1. The Morgan fingerprint density at radius 2 is 2.06 bits per heavy atom. The van der Waals surface area contributed by atoms with Gasteiger partial charge in [0.25, 0.3) is 0 Å². The SMILES string of the molecule is CCn1nccc1C1(O)CC(C)(C)OC1(C)C. The number of ether oxygens (including phenoxy) is 1. The Kier molecular flexibility index (Phi) is 2.64. The quantitative estimate of drug-likeness (QED) is 0.858. The van der Waals surface area contributed by atoms with Crippen molar-refractivity contribution in [1.29, 1.82) is 0 Å². The van der Waals surface area contributed by atoms with Crippen LogP contribution in [0.1, 0.15) is 46.7 Å². The summed E-state index contributed by atoms with van der Waals surface area (Å²) in [7, 11) is 0. The Hall–Kier alpha value is -0.870. The second-order valence-corrected chi connectivity index (χ2v) is 5.94. The van der Waals surface area contributed by atoms with Gasteiger partial charge in [0.1, 0.15) is 5.60 Å². The fourth-order valence-corrected chi connectivity index (χ4v) is 2.98. The summed E-state index contributed by atoms with van der Waals surface area (Å²) in [5.74, 6) is 0. The van der Waals surface area contributed by atoms with Crippen molar-refractivity contribution in [3.8, 4) is 0 Å². The monoisotopic (exact) mass is 238 g/mol. The van der Waals surface area contributed by atoms with E-state index in [0.29, 0.717) is 6.42 Å². The minimum atomic E-state index is -0.983. The first-order chi connectivity index (χ1) is 7.72. The first-order valence-electron chi connectivity index (χ1n) is 6.17. The summed E-state index contributed by atoms with van der Waals surface area (Å²) in [6.07, 6.45) is 2.32. The highest BCUT2D eigenvalue weighted by Gasteiger charge is 2.58. The Morgan fingerprint density at radius 3 is 2.53 bits per heavy atom. The first-order valence-corrected chi connectivity index (χ1v) is 6.17. The molecule has 1 aliphatic heterocycles. The highest BCUT2D eigenvalue weighted by Crippen LogP contribution is 2.50. The predicted molar refractivity (Wildman–Crippen MR) is 65.7 cm³/mol. The molecule has 1 fully saturated rings. The Bertz CT molecular complexity index is 423. The number of nitrogens with zero attached hydrogens (tertiary/aromatic N) is 2. The standard InChI is InChI=1S/C13H22N2O2/c1-6-15-10(7-8-14-15)13(16)9-11(2,3)17-12(13,4)5/h7-8,16H,6,9H2,1-5H3. The van der Waals surface area contributed by atoms with E-state index in [0.717, 1.165) is 12.2 Å². The molecule has 1 aromatic rings. The minimum absolute atomic E-state index is 0.318. The molecule has 0 amide bonds. The molecule has 1 unspecified atom stereocenters. The molecule has 1 atom stereocenters. The van der Waals surface area contributed by atoms with Gasteiger partial charge in [0.15, 0.2) is 0 Å². The predicted octanol–water partition coefficient (Wildman–Crippen LogP) is 2.07. The largest absolute Gasteiger partial charge is 0.380 e. The van der Waals surface area contributed by atoms with Crippen molar-refractivity contribution in [1.82, 2.24) is 9.78 Å². The minimum Gasteiger partial charge on any atom is -0.380 e. The maximum absolute atomic E-state index is 11.0. The van der Waals surface area contributed by atoms with Gasteiger partial charge in [0.2, 0.25) is 0 Å². The van der Waals surface area contributed by atoms with Crippen LogP contribution in [-0.2, 0) is 16.9 Å². The third-order valence-corrected chi connectivity index (χ3v) is 3.65. The highest BCUT2D eigenvalue weighted by molar-refractivity contribution is 5.22. The smallest absolute Gasteiger partial charge is 0.137 e. The van der Waals surface area contributed by atoms with E-state index in [9.17, 15) is 5.11 Å². The summed E-state index contributed by atoms with van der Waals surface area (Å²) < 4.78 is 7.82. The summed E-state index contributed by atoms with van der Waals surface area (Å²) in [6.45, 7) is 10.7. The van der Waals surface area contributed by atoms with Gasteiger partial charge in [-0.05, 0) is 40.7 Å². The highest BCUT2D eigenvalue weighted by atomic mass is 16.5. The van der Waals surface area contributed by atoms with Crippen molar-refractivity contribution in [2.75, 3.05) is 0 Å². The lowest BCUT2D eigenvalue weighted by Crippen LogP contribution is -2.45. The van der Waals surface area contributed by atoms with Crippen LogP contribution in [0.5, 0.6) is 0 Å². The summed E-state index contributed by atoms with van der Waals surface area (Å²) in [5.41, 5.74) is -1.07. The van der Waals surface area contributed by atoms with E-state index in [2.05, 4.69) is 5.10 Å². The van der Waals surface area contributed by atoms with Gasteiger partial charge >= 0.3 is 0 Å². The molecule has 0 spiro atoms. The molecule has 1 aromatic heterocycles. The number of aromatic nitrogens is 2. The summed E-state index contributed by atoms with van der Waals surface area (Å²) in [6, 6.07) is 1.88. The Balaban J connectivity index is 2.49. The van der Waals surface area contributed by atoms with Crippen LogP contribution < -0.4 is 0 Å². The van der Waals surface area contributed by atoms with E-state index >= 15 is 0 Å². The van der Waals surface area contributed by atoms with Gasteiger partial charge in [0, 0.05) is 19.2 Å². The average Bonchev–Trinajstić information content (AvgIpc) is 2.67. The number of aliphatic hydroxyl groups is 1. The van der Waals surface area contributed by atoms with Crippen molar-refractivity contribution in [3.63, 3.8) is 0 Å². The lowest BCUT2D eigenvalue weighted by Gasteiger charge is -2.35. The molecule has 96 valence electrons. The lowest BCUT2D eigenvalue weighted by molar-refractivity contribution is -0.132. The van der Waals surface area contributed by atoms with Gasteiger partial charge < -0.3 is 9.84 Å². The molecule has 0 aromatic carbocycles. The van der Waals surface area contributed by atoms with E-state index in [1.54, 1.807) is 6.20 Å². The molecule has 0 bridgehead atoms. The van der Waals surface area contributed by atoms with E-state index in [1.165, 1.54) is 0 Å². The van der Waals surface area contributed by atoms with Crippen LogP contribution >= 0.6 is 0 Å². The van der Waals surface area contributed by atoms with Crippen LogP contribution in [0.4, 0.5) is 0 Å². The van der Waals surface area contributed by atoms with Gasteiger partial charge in [-0.1, -0.05) is 0 Å². The van der Waals surface area contributed by atoms with Crippen molar-refractivity contribution in [3.05, 3.63) is 18.0 Å². The molecule has 0 radical (unpaired) electrons. The molecular weight excluding hydrogens is 216 g/mol. The topological polar surface area (TPSA) is 47.3 Å². The molecule has 0 aliphatic carbocycles. The van der Waals surface area contributed by atoms with Crippen LogP contribution in [-0.4, -0.2) is 26.1 Å². The fourth-order valence-electron chi connectivity index (χ4n) is 2.98. The van der Waals surface area contributed by atoms with Gasteiger partial charge in [-0.15, -0.1) is 0 Å². The van der Waals surface area contributed by atoms with E-state index in [1.807, 2.05) is 45.4 Å². The maximum atomic E-state index is 11.0. The molecule has 1 aliphatic rings. The van der Waals surface area contributed by atoms with E-state index < -0.39 is 11.2 Å². The van der Waals surface area contributed by atoms with E-state index in [4.69, 9.17) is 4.74 Å². The van der Waals surface area contributed by atoms with Gasteiger partial charge in [0.05, 0.1) is 16.9 Å². The third-order valence-electron chi connectivity index (χ3n) is 3.65. The van der Waals surface area contributed by atoms with Crippen molar-refractivity contribution < 1.29 is 9.84 Å². The molecule has 2 rings (SSSR count). The zero-order chi connectivity index (χ0) is 12.9. The first kappa shape index (κ1) is 12.6. The molecule has 4 nitrogen and oxygen atoms in total. The number of rotatable bonds is 2. The van der Waals surface area contributed by atoms with Crippen molar-refractivity contribution in [2.24, 2.45) is 0 Å². The summed E-state index contributed by atoms with van der Waals surface area (Å²) >= 11 is 0. The Morgan fingerprint density at radius 1 is 1.41 bits per heavy atom. The van der Waals surface area contributed by atoms with Crippen LogP contribution in [0.25, 0.3) is 0 Å². The van der Waals surface area contributed by atoms with E-state index in [-0.39, 0.29) is 5.60 Å². The average molecular weight is 238 g/mol. The number of hydrogen-bond donors (Lipinski definition) is 1. The van der Waals surface area contributed by atoms with Gasteiger partial charge in [-0.25, -0.2) is 0 Å². The third kappa shape index (κ3) is 1.79. The molecule has 2 heterocycles. The van der Waals surface area contributed by atoms with Crippen LogP contribution in [0.2, 0.25) is 0 Å². The van der Waals surface area contributed by atoms with Crippen LogP contribution in [0.3, 0.4) is 0 Å². The van der Waals surface area contributed by atoms with Gasteiger partial charge in [-0.2, -0.15) is 5.10 Å². The molecule has 4 heteroatoms. The molecule has 17 heavy (non-hydrogen) atoms. The molecular formula is C13H22N2O2. The van der Waals surface area contributed by atoms with Crippen LogP contribution in [0, 0.1) is 0 Å². The van der Waals surface area contributed by atoms with Crippen molar-refractivity contribution >= 4 is 0 Å². The number of hydrogen-bond acceptors (Lipinski definition) is 3. The summed E-state index contributed by atoms with van der Waals surface area (Å²) in [5, 5.41) is 15.3. The van der Waals surface area contributed by atoms with Gasteiger partial charge in [-0.3, -0.25) is 4.68 Å². The fraction of sp³-hybridized carbons (Fsp3) is 0.769. The maximum Gasteiger partial charge on any atom is 0.137 e. The molecule has 0 saturated carbocycles. The Labute approximate surface area is 103 Å². The normalized spacial score (nSPS) is 30.7. The zero-order valence-electron chi connectivity index (χ0n) is 11.3. The summed E-state index contributed by atoms with van der Waals surface area (Å²) in [4.78, 5) is 0. The zero-order valence-corrected chi connectivity index (χ0v) is 11.3. The van der Waals surface area contributed by atoms with Crippen molar-refractivity contribution in [2.45, 2.75) is 64.4 Å². The second-order valence-electron chi connectivity index (χ2n) is 5.94. The van der Waals surface area contributed by atoms with Crippen LogP contribution in [0.15, 0.2) is 12.3 Å². The second kappa shape index (κ2) is 3.56. The molecule has 1 saturated heterocycles. The molecule has 1 N–H and O–H groups in total.